The molecule has 0 atom stereocenters. The molecule has 2 aromatic carbocycles. The van der Waals surface area contributed by atoms with Gasteiger partial charge in [-0.25, -0.2) is 0 Å². The van der Waals surface area contributed by atoms with Crippen LogP contribution in [0.25, 0.3) is 0 Å². The standard InChI is InChI=1S/C44H59ClN2O12S2/c1-43(2)36-30-34(60(48,49)50)12-14-38(36)46(18-20-56-26-28-58-24-22-54-5)40(43)16-10-32-8-7-9-33(42(32)45)11-17-41-44(3,4)37-31-35(61(51,52)53)13-15-39(37)47(41)19-21-57-27-29-59-25-23-55-6/h10-17,30-31H,7-9,18-29H2,1-6H3,(H-,48,49,50,51,52,53)/p+1. The lowest BCUT2D eigenvalue weighted by Gasteiger charge is -2.27. The molecule has 0 aromatic heterocycles. The van der Waals surface area contributed by atoms with E-state index in [1.54, 1.807) is 26.4 Å². The van der Waals surface area contributed by atoms with Crippen molar-refractivity contribution in [1.29, 1.82) is 0 Å². The Bertz CT molecular complexity index is 2260. The van der Waals surface area contributed by atoms with Crippen molar-refractivity contribution in [2.24, 2.45) is 0 Å². The normalized spacial score (nSPS) is 18.9. The SMILES string of the molecule is COCCOCCOCCN1/C(=C/C=C2\CCCC(/C=C/C3=[N+](CCOCCOCCOC)c4ccc(S(=O)(=O)O)cc4C3(C)C)=C2Cl)C(C)(C)c2cc(S(=O)(=O)O)ccc21. The summed E-state index contributed by atoms with van der Waals surface area (Å²) in [5.41, 5.74) is 5.62. The highest BCUT2D eigenvalue weighted by Gasteiger charge is 2.45. The van der Waals surface area contributed by atoms with Crippen molar-refractivity contribution in [1.82, 2.24) is 0 Å². The minimum atomic E-state index is -4.42. The van der Waals surface area contributed by atoms with Gasteiger partial charge in [-0.1, -0.05) is 37.6 Å². The number of ether oxygens (including phenoxy) is 6. The van der Waals surface area contributed by atoms with Crippen LogP contribution in [0.5, 0.6) is 0 Å². The molecule has 0 amide bonds. The zero-order chi connectivity index (χ0) is 44.4. The van der Waals surface area contributed by atoms with Crippen LogP contribution in [0.1, 0.15) is 58.1 Å². The molecule has 2 aromatic rings. The highest BCUT2D eigenvalue weighted by atomic mass is 35.5. The molecular formula is C44H60ClN2O12S2+. The van der Waals surface area contributed by atoms with E-state index in [-0.39, 0.29) is 9.79 Å². The van der Waals surface area contributed by atoms with E-state index in [4.69, 9.17) is 40.0 Å². The second kappa shape index (κ2) is 21.4. The predicted molar refractivity (Wildman–Crippen MR) is 235 cm³/mol. The van der Waals surface area contributed by atoms with Crippen LogP contribution in [-0.4, -0.2) is 130 Å². The van der Waals surface area contributed by atoms with E-state index in [1.807, 2.05) is 52.0 Å². The molecule has 14 nitrogen and oxygen atoms in total. The van der Waals surface area contributed by atoms with Crippen molar-refractivity contribution in [2.75, 3.05) is 98.3 Å². The van der Waals surface area contributed by atoms with E-state index in [2.05, 4.69) is 9.48 Å². The minimum Gasteiger partial charge on any atom is -0.382 e. The summed E-state index contributed by atoms with van der Waals surface area (Å²) in [5, 5.41) is 0.635. The fourth-order valence-electron chi connectivity index (χ4n) is 7.92. The molecular weight excluding hydrogens is 848 g/mol. The number of halogens is 1. The summed E-state index contributed by atoms with van der Waals surface area (Å²) in [6.45, 7) is 13.4. The summed E-state index contributed by atoms with van der Waals surface area (Å²) in [7, 11) is -5.61. The maximum Gasteiger partial charge on any atom is 0.294 e. The fraction of sp³-hybridized carbons (Fsp3) is 0.523. The Morgan fingerprint density at radius 3 is 1.87 bits per heavy atom. The Hall–Kier alpha value is -3.26. The van der Waals surface area contributed by atoms with Gasteiger partial charge in [-0.2, -0.15) is 21.4 Å². The third-order valence-corrected chi connectivity index (χ3v) is 13.4. The molecule has 0 fully saturated rings. The maximum atomic E-state index is 12.2. The number of rotatable bonds is 23. The van der Waals surface area contributed by atoms with Gasteiger partial charge in [0.2, 0.25) is 5.69 Å². The lowest BCUT2D eigenvalue weighted by atomic mass is 9.81. The topological polar surface area (TPSA) is 170 Å². The third kappa shape index (κ3) is 12.1. The van der Waals surface area contributed by atoms with Gasteiger partial charge >= 0.3 is 0 Å². The molecule has 0 saturated carbocycles. The highest BCUT2D eigenvalue weighted by Crippen LogP contribution is 2.49. The Labute approximate surface area is 365 Å². The molecule has 336 valence electrons. The second-order valence-corrected chi connectivity index (χ2v) is 19.2. The smallest absolute Gasteiger partial charge is 0.294 e. The first-order valence-corrected chi connectivity index (χ1v) is 23.6. The summed E-state index contributed by atoms with van der Waals surface area (Å²) in [6, 6.07) is 9.32. The Balaban J connectivity index is 1.43. The molecule has 3 aliphatic rings. The molecule has 0 unspecified atom stereocenters. The van der Waals surface area contributed by atoms with Gasteiger partial charge in [0, 0.05) is 60.3 Å². The van der Waals surface area contributed by atoms with Crippen LogP contribution in [0.2, 0.25) is 0 Å². The zero-order valence-electron chi connectivity index (χ0n) is 35.9. The number of fused-ring (bicyclic) bond motifs is 2. The van der Waals surface area contributed by atoms with Crippen LogP contribution in [-0.2, 0) is 59.5 Å². The number of nitrogens with zero attached hydrogens (tertiary/aromatic N) is 2. The van der Waals surface area contributed by atoms with E-state index in [1.165, 1.54) is 24.3 Å². The Morgan fingerprint density at radius 1 is 0.705 bits per heavy atom. The molecule has 0 radical (unpaired) electrons. The van der Waals surface area contributed by atoms with Crippen molar-refractivity contribution < 1.29 is 58.9 Å². The predicted octanol–water partition coefficient (Wildman–Crippen LogP) is 6.76. The molecule has 5 rings (SSSR count). The summed E-state index contributed by atoms with van der Waals surface area (Å²) < 4.78 is 103. The van der Waals surface area contributed by atoms with Gasteiger partial charge in [0.15, 0.2) is 12.3 Å². The van der Waals surface area contributed by atoms with Gasteiger partial charge in [0.05, 0.1) is 74.7 Å². The Morgan fingerprint density at radius 2 is 1.26 bits per heavy atom. The number of anilines is 1. The van der Waals surface area contributed by atoms with E-state index in [9.17, 15) is 25.9 Å². The van der Waals surface area contributed by atoms with Crippen LogP contribution < -0.4 is 4.90 Å². The number of hydrogen-bond acceptors (Lipinski definition) is 11. The van der Waals surface area contributed by atoms with E-state index in [0.717, 1.165) is 64.3 Å². The third-order valence-electron chi connectivity index (χ3n) is 11.2. The van der Waals surface area contributed by atoms with Gasteiger partial charge in [-0.05, 0) is 86.2 Å². The van der Waals surface area contributed by atoms with Crippen LogP contribution in [0.15, 0.2) is 92.4 Å². The molecule has 1 aliphatic carbocycles. The highest BCUT2D eigenvalue weighted by molar-refractivity contribution is 7.86. The number of benzene rings is 2. The first kappa shape index (κ1) is 48.8. The Kier molecular flexibility index (Phi) is 17.1. The molecule has 2 heterocycles. The van der Waals surface area contributed by atoms with Gasteiger partial charge in [0.1, 0.15) is 6.61 Å². The fourth-order valence-corrected chi connectivity index (χ4v) is 9.25. The maximum absolute atomic E-state index is 12.2. The monoisotopic (exact) mass is 907 g/mol. The van der Waals surface area contributed by atoms with E-state index >= 15 is 0 Å². The van der Waals surface area contributed by atoms with Gasteiger partial charge in [-0.15, -0.1) is 0 Å². The van der Waals surface area contributed by atoms with Gasteiger partial charge in [-0.3, -0.25) is 9.11 Å². The average Bonchev–Trinajstić information content (AvgIpc) is 3.55. The molecule has 61 heavy (non-hydrogen) atoms. The van der Waals surface area contributed by atoms with Crippen LogP contribution in [0, 0.1) is 0 Å². The summed E-state index contributed by atoms with van der Waals surface area (Å²) >= 11 is 7.21. The number of hydrogen-bond donors (Lipinski definition) is 2. The number of methoxy groups -OCH3 is 2. The molecule has 2 N–H and O–H groups in total. The van der Waals surface area contributed by atoms with E-state index < -0.39 is 31.1 Å². The van der Waals surface area contributed by atoms with E-state index in [0.29, 0.717) is 84.2 Å². The minimum absolute atomic E-state index is 0.169. The summed E-state index contributed by atoms with van der Waals surface area (Å²) in [6.07, 6.45) is 10.5. The van der Waals surface area contributed by atoms with Crippen molar-refractivity contribution in [3.8, 4) is 0 Å². The average molecular weight is 909 g/mol. The second-order valence-electron chi connectivity index (χ2n) is 16.0. The van der Waals surface area contributed by atoms with Crippen molar-refractivity contribution in [3.63, 3.8) is 0 Å². The van der Waals surface area contributed by atoms with Gasteiger partial charge in [0.25, 0.3) is 20.2 Å². The molecule has 2 aliphatic heterocycles. The van der Waals surface area contributed by atoms with Crippen molar-refractivity contribution in [3.05, 3.63) is 93.7 Å². The zero-order valence-corrected chi connectivity index (χ0v) is 38.3. The first-order chi connectivity index (χ1) is 28.9. The summed E-state index contributed by atoms with van der Waals surface area (Å²) in [4.78, 5) is 1.78. The summed E-state index contributed by atoms with van der Waals surface area (Å²) in [5.74, 6) is 0. The molecule has 17 heteroatoms. The largest absolute Gasteiger partial charge is 0.382 e. The molecule has 0 spiro atoms. The number of allylic oxidation sites excluding steroid dienone is 8. The van der Waals surface area contributed by atoms with Gasteiger partial charge < -0.3 is 33.3 Å². The lowest BCUT2D eigenvalue weighted by molar-refractivity contribution is -0.442. The molecule has 0 bridgehead atoms. The van der Waals surface area contributed by atoms with Crippen LogP contribution >= 0.6 is 11.6 Å². The van der Waals surface area contributed by atoms with Crippen molar-refractivity contribution >= 4 is 48.9 Å². The lowest BCUT2D eigenvalue weighted by Crippen LogP contribution is -2.29. The van der Waals surface area contributed by atoms with Crippen LogP contribution in [0.3, 0.4) is 0 Å². The quantitative estimate of drug-likeness (QED) is 0.0683. The molecule has 0 saturated heterocycles. The first-order valence-electron chi connectivity index (χ1n) is 20.4. The van der Waals surface area contributed by atoms with Crippen molar-refractivity contribution in [2.45, 2.75) is 67.6 Å². The van der Waals surface area contributed by atoms with Crippen LogP contribution in [0.4, 0.5) is 11.4 Å².